The number of urea groups is 1. The van der Waals surface area contributed by atoms with E-state index < -0.39 is 0 Å². The Labute approximate surface area is 136 Å². The van der Waals surface area contributed by atoms with Crippen molar-refractivity contribution in [1.29, 1.82) is 0 Å². The smallest absolute Gasteiger partial charge is 0.325 e. The van der Waals surface area contributed by atoms with Gasteiger partial charge in [0.25, 0.3) is 0 Å². The molecule has 1 saturated carbocycles. The van der Waals surface area contributed by atoms with Gasteiger partial charge in [-0.3, -0.25) is 9.69 Å². The number of carbonyl (C=O) groups is 2. The molecule has 1 heterocycles. The van der Waals surface area contributed by atoms with Crippen LogP contribution in [0.25, 0.3) is 0 Å². The highest BCUT2D eigenvalue weighted by Gasteiger charge is 2.32. The van der Waals surface area contributed by atoms with Crippen LogP contribution in [-0.2, 0) is 4.79 Å². The number of amides is 3. The van der Waals surface area contributed by atoms with E-state index in [1.807, 2.05) is 24.3 Å². The predicted molar refractivity (Wildman–Crippen MR) is 87.7 cm³/mol. The summed E-state index contributed by atoms with van der Waals surface area (Å²) in [6.45, 7) is 1.24. The number of hydrogen-bond acceptors (Lipinski definition) is 3. The van der Waals surface area contributed by atoms with Gasteiger partial charge < -0.3 is 15.0 Å². The van der Waals surface area contributed by atoms with Crippen LogP contribution in [0.1, 0.15) is 25.7 Å². The normalized spacial score (nSPS) is 18.6. The van der Waals surface area contributed by atoms with Crippen LogP contribution in [0.15, 0.2) is 24.3 Å². The summed E-state index contributed by atoms with van der Waals surface area (Å²) in [5.41, 5.74) is 0.749. The largest absolute Gasteiger partial charge is 0.495 e. The molecule has 6 heteroatoms. The third-order valence-electron chi connectivity index (χ3n) is 4.53. The van der Waals surface area contributed by atoms with Gasteiger partial charge >= 0.3 is 6.03 Å². The number of rotatable bonds is 5. The zero-order valence-electron chi connectivity index (χ0n) is 13.5. The van der Waals surface area contributed by atoms with Gasteiger partial charge in [-0.25, -0.2) is 4.79 Å². The third kappa shape index (κ3) is 3.41. The summed E-state index contributed by atoms with van der Waals surface area (Å²) in [6.07, 6.45) is 4.45. The van der Waals surface area contributed by atoms with E-state index in [9.17, 15) is 9.59 Å². The molecule has 1 aromatic carbocycles. The molecule has 1 N–H and O–H groups in total. The second-order valence-corrected chi connectivity index (χ2v) is 6.08. The molecule has 6 nitrogen and oxygen atoms in total. The number of benzene rings is 1. The minimum atomic E-state index is -0.143. The van der Waals surface area contributed by atoms with Crippen LogP contribution >= 0.6 is 0 Å². The number of para-hydroxylation sites is 2. The van der Waals surface area contributed by atoms with Crippen LogP contribution < -0.4 is 15.0 Å². The molecule has 0 radical (unpaired) electrons. The first-order chi connectivity index (χ1) is 11.2. The summed E-state index contributed by atoms with van der Waals surface area (Å²) in [5, 5.41) is 3.03. The molecule has 1 aliphatic carbocycles. The summed E-state index contributed by atoms with van der Waals surface area (Å²) in [4.78, 5) is 27.9. The third-order valence-corrected chi connectivity index (χ3v) is 4.53. The number of nitrogens with zero attached hydrogens (tertiary/aromatic N) is 2. The van der Waals surface area contributed by atoms with Crippen molar-refractivity contribution in [1.82, 2.24) is 10.2 Å². The molecule has 0 bridgehead atoms. The van der Waals surface area contributed by atoms with E-state index in [0.29, 0.717) is 18.8 Å². The van der Waals surface area contributed by atoms with Crippen LogP contribution in [0.5, 0.6) is 5.75 Å². The first-order valence-corrected chi connectivity index (χ1v) is 8.18. The molecule has 124 valence electrons. The molecule has 1 aromatic rings. The highest BCUT2D eigenvalue weighted by atomic mass is 16.5. The lowest BCUT2D eigenvalue weighted by atomic mass is 10.2. The Bertz CT molecular complexity index is 584. The minimum absolute atomic E-state index is 0.0628. The lowest BCUT2D eigenvalue weighted by molar-refractivity contribution is -0.122. The van der Waals surface area contributed by atoms with Crippen LogP contribution in [-0.4, -0.2) is 49.6 Å². The van der Waals surface area contributed by atoms with Crippen molar-refractivity contribution in [2.24, 2.45) is 0 Å². The highest BCUT2D eigenvalue weighted by molar-refractivity contribution is 5.97. The van der Waals surface area contributed by atoms with Crippen LogP contribution in [0, 0.1) is 0 Å². The quantitative estimate of drug-likeness (QED) is 0.903. The number of hydrogen-bond donors (Lipinski definition) is 1. The molecule has 2 aliphatic rings. The first kappa shape index (κ1) is 15.6. The Morgan fingerprint density at radius 2 is 2.00 bits per heavy atom. The van der Waals surface area contributed by atoms with Crippen molar-refractivity contribution in [3.05, 3.63) is 24.3 Å². The molecular weight excluding hydrogens is 294 g/mol. The Kier molecular flexibility index (Phi) is 4.69. The van der Waals surface area contributed by atoms with Crippen LogP contribution in [0.3, 0.4) is 0 Å². The summed E-state index contributed by atoms with van der Waals surface area (Å²) in [6, 6.07) is 7.58. The maximum atomic E-state index is 12.6. The fraction of sp³-hybridized carbons (Fsp3) is 0.529. The molecular formula is C17H23N3O3. The van der Waals surface area contributed by atoms with Gasteiger partial charge in [-0.1, -0.05) is 25.0 Å². The van der Waals surface area contributed by atoms with Gasteiger partial charge in [0.2, 0.25) is 5.91 Å². The van der Waals surface area contributed by atoms with Gasteiger partial charge in [0.1, 0.15) is 12.3 Å². The van der Waals surface area contributed by atoms with Gasteiger partial charge in [-0.2, -0.15) is 0 Å². The maximum Gasteiger partial charge on any atom is 0.325 e. The number of nitrogens with one attached hydrogen (secondary N) is 1. The molecule has 0 spiro atoms. The number of methoxy groups -OCH3 is 1. The molecule has 23 heavy (non-hydrogen) atoms. The van der Waals surface area contributed by atoms with Gasteiger partial charge in [0.15, 0.2) is 0 Å². The average Bonchev–Trinajstić information content (AvgIpc) is 3.18. The van der Waals surface area contributed by atoms with Gasteiger partial charge in [0.05, 0.1) is 12.8 Å². The van der Waals surface area contributed by atoms with E-state index in [2.05, 4.69) is 5.32 Å². The fourth-order valence-corrected chi connectivity index (χ4v) is 3.32. The average molecular weight is 317 g/mol. The predicted octanol–water partition coefficient (Wildman–Crippen LogP) is 2.00. The molecule has 2 fully saturated rings. The molecule has 0 unspecified atom stereocenters. The van der Waals surface area contributed by atoms with Crippen molar-refractivity contribution in [2.75, 3.05) is 31.6 Å². The molecule has 1 saturated heterocycles. The molecule has 0 aromatic heterocycles. The number of carbonyl (C=O) groups excluding carboxylic acids is 2. The Hall–Kier alpha value is -2.24. The van der Waals surface area contributed by atoms with Crippen molar-refractivity contribution in [2.45, 2.75) is 31.7 Å². The Morgan fingerprint density at radius 1 is 1.26 bits per heavy atom. The lowest BCUT2D eigenvalue weighted by Gasteiger charge is -2.21. The van der Waals surface area contributed by atoms with Crippen molar-refractivity contribution >= 4 is 17.6 Å². The minimum Gasteiger partial charge on any atom is -0.495 e. The topological polar surface area (TPSA) is 61.9 Å². The standard InChI is InChI=1S/C17H23N3O3/c1-23-15-9-5-4-8-14(15)20-11-10-19(17(20)22)12-16(21)18-13-6-2-3-7-13/h4-5,8-9,13H,2-3,6-7,10-12H2,1H3,(H,18,21). The first-order valence-electron chi connectivity index (χ1n) is 8.18. The fourth-order valence-electron chi connectivity index (χ4n) is 3.32. The summed E-state index contributed by atoms with van der Waals surface area (Å²) in [7, 11) is 1.59. The Morgan fingerprint density at radius 3 is 2.74 bits per heavy atom. The monoisotopic (exact) mass is 317 g/mol. The molecule has 0 atom stereocenters. The van der Waals surface area contributed by atoms with Crippen molar-refractivity contribution < 1.29 is 14.3 Å². The van der Waals surface area contributed by atoms with E-state index in [0.717, 1.165) is 18.5 Å². The van der Waals surface area contributed by atoms with Crippen LogP contribution in [0.2, 0.25) is 0 Å². The Balaban J connectivity index is 1.61. The highest BCUT2D eigenvalue weighted by Crippen LogP contribution is 2.30. The van der Waals surface area contributed by atoms with E-state index in [1.54, 1.807) is 16.9 Å². The van der Waals surface area contributed by atoms with Gasteiger partial charge in [0, 0.05) is 19.1 Å². The van der Waals surface area contributed by atoms with Gasteiger partial charge in [-0.05, 0) is 25.0 Å². The van der Waals surface area contributed by atoms with Crippen molar-refractivity contribution in [3.63, 3.8) is 0 Å². The van der Waals surface area contributed by atoms with E-state index >= 15 is 0 Å². The molecule has 3 amide bonds. The maximum absolute atomic E-state index is 12.6. The molecule has 1 aliphatic heterocycles. The second-order valence-electron chi connectivity index (χ2n) is 6.08. The lowest BCUT2D eigenvalue weighted by Crippen LogP contribution is -2.42. The van der Waals surface area contributed by atoms with Crippen molar-refractivity contribution in [3.8, 4) is 5.75 Å². The van der Waals surface area contributed by atoms with Gasteiger partial charge in [-0.15, -0.1) is 0 Å². The number of anilines is 1. The zero-order valence-corrected chi connectivity index (χ0v) is 13.5. The summed E-state index contributed by atoms with van der Waals surface area (Å²) in [5.74, 6) is 0.602. The summed E-state index contributed by atoms with van der Waals surface area (Å²) < 4.78 is 5.32. The molecule has 3 rings (SSSR count). The van der Waals surface area contributed by atoms with E-state index in [-0.39, 0.29) is 24.5 Å². The van der Waals surface area contributed by atoms with E-state index in [1.165, 1.54) is 12.8 Å². The second kappa shape index (κ2) is 6.89. The summed E-state index contributed by atoms with van der Waals surface area (Å²) >= 11 is 0. The van der Waals surface area contributed by atoms with E-state index in [4.69, 9.17) is 4.74 Å². The number of ether oxygens (including phenoxy) is 1. The zero-order chi connectivity index (χ0) is 16.2. The van der Waals surface area contributed by atoms with Crippen LogP contribution in [0.4, 0.5) is 10.5 Å². The SMILES string of the molecule is COc1ccccc1N1CCN(CC(=O)NC2CCCC2)C1=O.